The topological polar surface area (TPSA) is 32.9 Å². The largest absolute Gasteiger partial charge is 0.455 e. The van der Waals surface area contributed by atoms with E-state index in [0.717, 1.165) is 38.9 Å². The van der Waals surface area contributed by atoms with Crippen molar-refractivity contribution in [3.8, 4) is 67.3 Å². The predicted octanol–water partition coefficient (Wildman–Crippen LogP) is 31.4. The third kappa shape index (κ3) is 9.79. The lowest BCUT2D eigenvalue weighted by Gasteiger charge is -2.13. The minimum absolute atomic E-state index is 0.909. The molecule has 0 saturated heterocycles. The van der Waals surface area contributed by atoms with Gasteiger partial charge in [-0.2, -0.15) is 0 Å². The smallest absolute Gasteiger partial charge is 0.143 e. The minimum atomic E-state index is 0.909. The van der Waals surface area contributed by atoms with Gasteiger partial charge in [0.15, 0.2) is 0 Å². The molecule has 8 heteroatoms. The molecular formula is C108H64N4OS3. The van der Waals surface area contributed by atoms with Crippen molar-refractivity contribution in [2.24, 2.45) is 0 Å². The Morgan fingerprint density at radius 2 is 0.534 bits per heavy atom. The first-order valence-electron chi connectivity index (χ1n) is 39.5. The summed E-state index contributed by atoms with van der Waals surface area (Å²) < 4.78 is 24.3. The van der Waals surface area contributed by atoms with Crippen LogP contribution in [0, 0.1) is 0 Å². The van der Waals surface area contributed by atoms with E-state index in [1.54, 1.807) is 0 Å². The van der Waals surface area contributed by atoms with E-state index in [9.17, 15) is 0 Å². The minimum Gasteiger partial charge on any atom is -0.455 e. The normalized spacial score (nSPS) is 12.1. The number of hydrogen-bond acceptors (Lipinski definition) is 4. The summed E-state index contributed by atoms with van der Waals surface area (Å²) in [4.78, 5) is 0. The molecule has 0 fully saturated rings. The van der Waals surface area contributed by atoms with Crippen molar-refractivity contribution in [3.63, 3.8) is 0 Å². The molecule has 8 aromatic heterocycles. The molecule has 0 aliphatic carbocycles. The summed E-state index contributed by atoms with van der Waals surface area (Å²) in [7, 11) is 0. The van der Waals surface area contributed by atoms with Gasteiger partial charge in [-0.05, 0) is 173 Å². The molecule has 26 aromatic rings. The van der Waals surface area contributed by atoms with Crippen molar-refractivity contribution in [2.45, 2.75) is 0 Å². The van der Waals surface area contributed by atoms with Crippen LogP contribution in [0.25, 0.3) is 237 Å². The predicted molar refractivity (Wildman–Crippen MR) is 498 cm³/mol. The van der Waals surface area contributed by atoms with Gasteiger partial charge in [0, 0.05) is 154 Å². The first-order valence-corrected chi connectivity index (χ1v) is 42.0. The second-order valence-electron chi connectivity index (χ2n) is 30.5. The standard InChI is InChI=1S/C54H32N2OS.C54H32N2S2/c1-2-14-34(15-3-1)55-46-23-8-4-16-37(46)43-30-33(28-29-48(43)55)36-20-13-25-49-52(36)42-19-5-9-24-47(42)56(49)35-31-44-39-18-7-11-27-51(39)58-54(44)45(32-35)41-22-12-21-40-38-17-6-10-26-50(38)57-53(40)41;1-2-13-35(14-3-1)55-46-20-8-4-15-38(46)43-29-33(25-27-48(43)55)37-19-12-22-49-53(37)41-18-5-9-21-47(41)56(49)36-31-42(54-45(32-36)40-17-7-11-24-51(40)58-54)34-26-28-52-44(30-34)39-16-6-10-23-50(39)57-52/h2*1-32H. The van der Waals surface area contributed by atoms with Crippen LogP contribution in [0.1, 0.15) is 0 Å². The average Bonchev–Trinajstić information content (AvgIpc) is 1.52. The summed E-state index contributed by atoms with van der Waals surface area (Å²) in [6.07, 6.45) is 0. The number of hydrogen-bond donors (Lipinski definition) is 0. The number of para-hydroxylation sites is 8. The molecule has 0 aliphatic rings. The van der Waals surface area contributed by atoms with Gasteiger partial charge in [0.2, 0.25) is 0 Å². The first kappa shape index (κ1) is 65.2. The SMILES string of the molecule is c1ccc(-n2c3ccccc3c3cc(-c4cccc5c4c4ccccc4n5-c4cc(-c5ccc6sc7ccccc7c6c5)c5sc6ccccc6c5c4)ccc32)cc1.c1ccc(-n2c3ccccc3c3cc(-c4cccc5c4c4ccccc4n5-c4cc(-c5cccc6c5oc5ccccc56)c5sc6ccccc6c5c4)ccc32)cc1. The summed E-state index contributed by atoms with van der Waals surface area (Å²) in [5.41, 5.74) is 25.8. The number of fused-ring (bicyclic) bond motifs is 24. The lowest BCUT2D eigenvalue weighted by atomic mass is 9.97. The molecular weight excluding hydrogens is 1470 g/mol. The monoisotopic (exact) mass is 1530 g/mol. The number of aromatic nitrogens is 4. The number of furan rings is 1. The van der Waals surface area contributed by atoms with Crippen molar-refractivity contribution in [3.05, 3.63) is 388 Å². The molecule has 540 valence electrons. The summed E-state index contributed by atoms with van der Waals surface area (Å²) in [6, 6.07) is 143. The van der Waals surface area contributed by atoms with Gasteiger partial charge in [-0.15, -0.1) is 34.0 Å². The van der Waals surface area contributed by atoms with E-state index in [0.29, 0.717) is 0 Å². The van der Waals surface area contributed by atoms with Crippen LogP contribution >= 0.6 is 34.0 Å². The third-order valence-corrected chi connectivity index (χ3v) is 27.8. The van der Waals surface area contributed by atoms with Crippen molar-refractivity contribution >= 4 is 204 Å². The Hall–Kier alpha value is -14.4. The second-order valence-corrected chi connectivity index (χ2v) is 33.7. The summed E-state index contributed by atoms with van der Waals surface area (Å²) in [6.45, 7) is 0. The highest BCUT2D eigenvalue weighted by molar-refractivity contribution is 7.27. The summed E-state index contributed by atoms with van der Waals surface area (Å²) in [5, 5.41) is 20.1. The fraction of sp³-hybridized carbons (Fsp3) is 0. The molecule has 0 radical (unpaired) electrons. The maximum Gasteiger partial charge on any atom is 0.143 e. The quantitative estimate of drug-likeness (QED) is 0.149. The average molecular weight is 1530 g/mol. The number of thiophene rings is 3. The van der Waals surface area contributed by atoms with Gasteiger partial charge in [-0.1, -0.05) is 243 Å². The fourth-order valence-electron chi connectivity index (χ4n) is 19.2. The van der Waals surface area contributed by atoms with Gasteiger partial charge < -0.3 is 22.7 Å². The van der Waals surface area contributed by atoms with Crippen molar-refractivity contribution < 1.29 is 4.42 Å². The van der Waals surface area contributed by atoms with Gasteiger partial charge in [0.1, 0.15) is 11.2 Å². The zero-order valence-corrected chi connectivity index (χ0v) is 64.8. The Labute approximate surface area is 676 Å². The maximum absolute atomic E-state index is 6.68. The Balaban J connectivity index is 0.000000130. The number of rotatable bonds is 8. The molecule has 0 unspecified atom stereocenters. The molecule has 26 rings (SSSR count). The lowest BCUT2D eigenvalue weighted by molar-refractivity contribution is 0.670. The van der Waals surface area contributed by atoms with Gasteiger partial charge in [-0.3, -0.25) is 0 Å². The molecule has 0 N–H and O–H groups in total. The molecule has 116 heavy (non-hydrogen) atoms. The number of benzene rings is 18. The zero-order chi connectivity index (χ0) is 75.8. The van der Waals surface area contributed by atoms with Crippen LogP contribution in [0.5, 0.6) is 0 Å². The molecule has 0 amide bonds. The van der Waals surface area contributed by atoms with E-state index in [-0.39, 0.29) is 0 Å². The van der Waals surface area contributed by atoms with E-state index < -0.39 is 0 Å². The van der Waals surface area contributed by atoms with Crippen molar-refractivity contribution in [2.75, 3.05) is 0 Å². The molecule has 0 spiro atoms. The number of nitrogens with zero attached hydrogens (tertiary/aromatic N) is 4. The maximum atomic E-state index is 6.68. The second kappa shape index (κ2) is 25.6. The highest BCUT2D eigenvalue weighted by atomic mass is 32.1. The highest BCUT2D eigenvalue weighted by Crippen LogP contribution is 2.51. The van der Waals surface area contributed by atoms with Crippen LogP contribution in [-0.2, 0) is 0 Å². The van der Waals surface area contributed by atoms with Crippen LogP contribution in [0.2, 0.25) is 0 Å². The van der Waals surface area contributed by atoms with Crippen LogP contribution < -0.4 is 0 Å². The summed E-state index contributed by atoms with van der Waals surface area (Å²) >= 11 is 5.64. The first-order chi connectivity index (χ1) is 57.5. The lowest BCUT2D eigenvalue weighted by Crippen LogP contribution is -1.95. The Morgan fingerprint density at radius 1 is 0.181 bits per heavy atom. The van der Waals surface area contributed by atoms with Gasteiger partial charge >= 0.3 is 0 Å². The molecule has 0 bridgehead atoms. The third-order valence-electron chi connectivity index (χ3n) is 24.2. The van der Waals surface area contributed by atoms with Gasteiger partial charge in [0.25, 0.3) is 0 Å². The van der Waals surface area contributed by atoms with E-state index in [2.05, 4.69) is 400 Å². The van der Waals surface area contributed by atoms with Crippen LogP contribution in [0.4, 0.5) is 0 Å². The van der Waals surface area contributed by atoms with Crippen molar-refractivity contribution in [1.29, 1.82) is 0 Å². The summed E-state index contributed by atoms with van der Waals surface area (Å²) in [5.74, 6) is 0. The van der Waals surface area contributed by atoms with E-state index in [1.807, 2.05) is 40.1 Å². The Morgan fingerprint density at radius 3 is 1.08 bits per heavy atom. The Kier molecular flexibility index (Phi) is 14.4. The van der Waals surface area contributed by atoms with Crippen LogP contribution in [0.3, 0.4) is 0 Å². The van der Waals surface area contributed by atoms with E-state index in [1.165, 1.54) is 198 Å². The van der Waals surface area contributed by atoms with Crippen LogP contribution in [0.15, 0.2) is 393 Å². The molecule has 5 nitrogen and oxygen atoms in total. The van der Waals surface area contributed by atoms with Gasteiger partial charge in [0.05, 0.1) is 44.1 Å². The molecule has 8 heterocycles. The highest BCUT2D eigenvalue weighted by Gasteiger charge is 2.26. The molecule has 0 aliphatic heterocycles. The van der Waals surface area contributed by atoms with Gasteiger partial charge in [-0.25, -0.2) is 0 Å². The van der Waals surface area contributed by atoms with Crippen LogP contribution in [-0.4, -0.2) is 18.3 Å². The zero-order valence-electron chi connectivity index (χ0n) is 62.4. The molecule has 18 aromatic carbocycles. The van der Waals surface area contributed by atoms with E-state index in [4.69, 9.17) is 4.42 Å². The Bertz CT molecular complexity index is 8600. The van der Waals surface area contributed by atoms with Crippen molar-refractivity contribution in [1.82, 2.24) is 18.3 Å². The molecule has 0 atom stereocenters. The molecule has 0 saturated carbocycles. The van der Waals surface area contributed by atoms with E-state index >= 15 is 0 Å². The fourth-order valence-corrected chi connectivity index (χ4v) is 22.7.